The van der Waals surface area contributed by atoms with Crippen LogP contribution in [0.15, 0.2) is 18.2 Å². The number of aryl methyl sites for hydroxylation is 1. The quantitative estimate of drug-likeness (QED) is 0.435. The molecule has 0 aromatic heterocycles. The SMILES string of the molecule is Cc1cc[c-]c(C[N+](C)(C)C)c1.[Ru+]. The average molecular weight is 264 g/mol. The van der Waals surface area contributed by atoms with E-state index in [1.54, 1.807) is 0 Å². The van der Waals surface area contributed by atoms with Gasteiger partial charge in [0.15, 0.2) is 0 Å². The van der Waals surface area contributed by atoms with E-state index in [2.05, 4.69) is 46.3 Å². The molecular formula is C11H17NRu+. The molecule has 0 aliphatic heterocycles. The van der Waals surface area contributed by atoms with Crippen molar-refractivity contribution in [3.63, 3.8) is 0 Å². The predicted molar refractivity (Wildman–Crippen MR) is 51.8 cm³/mol. The van der Waals surface area contributed by atoms with Gasteiger partial charge in [0.1, 0.15) is 0 Å². The molecule has 0 spiro atoms. The Morgan fingerprint density at radius 3 is 2.38 bits per heavy atom. The summed E-state index contributed by atoms with van der Waals surface area (Å²) in [6.45, 7) is 3.16. The fraction of sp³-hybridized carbons (Fsp3) is 0.455. The zero-order valence-corrected chi connectivity index (χ0v) is 10.5. The van der Waals surface area contributed by atoms with E-state index in [1.165, 1.54) is 11.1 Å². The molecule has 0 bridgehead atoms. The smallest absolute Gasteiger partial charge is 0.329 e. The van der Waals surface area contributed by atoms with Crippen LogP contribution in [0.4, 0.5) is 0 Å². The van der Waals surface area contributed by atoms with Crippen molar-refractivity contribution in [2.75, 3.05) is 21.1 Å². The molecule has 0 atom stereocenters. The molecule has 0 aliphatic carbocycles. The minimum absolute atomic E-state index is 0. The number of hydrogen-bond donors (Lipinski definition) is 0. The summed E-state index contributed by atoms with van der Waals surface area (Å²) >= 11 is 0. The molecule has 73 valence electrons. The Kier molecular flexibility index (Phi) is 4.81. The van der Waals surface area contributed by atoms with Crippen LogP contribution in [0.3, 0.4) is 0 Å². The summed E-state index contributed by atoms with van der Waals surface area (Å²) in [7, 11) is 6.57. The predicted octanol–water partition coefficient (Wildman–Crippen LogP) is 2.00. The van der Waals surface area contributed by atoms with Gasteiger partial charge in [-0.15, -0.1) is 5.56 Å². The van der Waals surface area contributed by atoms with Crippen LogP contribution in [-0.4, -0.2) is 25.6 Å². The fourth-order valence-electron chi connectivity index (χ4n) is 1.25. The summed E-state index contributed by atoms with van der Waals surface area (Å²) in [5.41, 5.74) is 2.61. The van der Waals surface area contributed by atoms with Crippen LogP contribution in [-0.2, 0) is 26.0 Å². The van der Waals surface area contributed by atoms with Crippen LogP contribution in [0.25, 0.3) is 0 Å². The van der Waals surface area contributed by atoms with Gasteiger partial charge in [0.2, 0.25) is 0 Å². The monoisotopic (exact) mass is 265 g/mol. The van der Waals surface area contributed by atoms with Gasteiger partial charge < -0.3 is 4.48 Å². The normalized spacial score (nSPS) is 10.8. The Morgan fingerprint density at radius 2 is 1.92 bits per heavy atom. The summed E-state index contributed by atoms with van der Waals surface area (Å²) < 4.78 is 0.958. The van der Waals surface area contributed by atoms with E-state index < -0.39 is 0 Å². The van der Waals surface area contributed by atoms with Gasteiger partial charge in [-0.2, -0.15) is 29.8 Å². The maximum atomic E-state index is 3.25. The molecule has 2 heteroatoms. The van der Waals surface area contributed by atoms with Crippen molar-refractivity contribution >= 4 is 0 Å². The van der Waals surface area contributed by atoms with Gasteiger partial charge in [-0.05, 0) is 0 Å². The Labute approximate surface area is 94.1 Å². The number of nitrogens with zero attached hydrogens (tertiary/aromatic N) is 1. The first-order valence-electron chi connectivity index (χ1n) is 4.25. The molecule has 0 heterocycles. The first-order valence-corrected chi connectivity index (χ1v) is 4.25. The zero-order chi connectivity index (χ0) is 9.19. The average Bonchev–Trinajstić information content (AvgIpc) is 1.82. The molecule has 0 N–H and O–H groups in total. The second-order valence-corrected chi connectivity index (χ2v) is 4.34. The number of rotatable bonds is 2. The molecule has 0 amide bonds. The first kappa shape index (κ1) is 12.8. The maximum absolute atomic E-state index is 3.25. The standard InChI is InChI=1S/C11H17N.Ru/c1-10-6-5-7-11(8-10)9-12(2,3)4;/h5-6,8H,9H2,1-4H3;/q;+1. The summed E-state index contributed by atoms with van der Waals surface area (Å²) in [5, 5.41) is 0. The van der Waals surface area contributed by atoms with E-state index in [0.29, 0.717) is 0 Å². The van der Waals surface area contributed by atoms with Crippen molar-refractivity contribution in [3.05, 3.63) is 35.4 Å². The van der Waals surface area contributed by atoms with Crippen molar-refractivity contribution in [3.8, 4) is 0 Å². The Hall–Kier alpha value is -0.197. The van der Waals surface area contributed by atoms with E-state index in [4.69, 9.17) is 0 Å². The molecule has 1 radical (unpaired) electrons. The molecule has 0 saturated heterocycles. The molecule has 0 unspecified atom stereocenters. The van der Waals surface area contributed by atoms with E-state index in [9.17, 15) is 0 Å². The van der Waals surface area contributed by atoms with Gasteiger partial charge in [0.05, 0.1) is 27.7 Å². The van der Waals surface area contributed by atoms with Crippen molar-refractivity contribution in [1.82, 2.24) is 0 Å². The van der Waals surface area contributed by atoms with Gasteiger partial charge in [-0.1, -0.05) is 6.92 Å². The second-order valence-electron chi connectivity index (χ2n) is 4.34. The van der Waals surface area contributed by atoms with Crippen molar-refractivity contribution in [2.24, 2.45) is 0 Å². The zero-order valence-electron chi connectivity index (χ0n) is 8.74. The summed E-state index contributed by atoms with van der Waals surface area (Å²) in [6, 6.07) is 9.53. The Morgan fingerprint density at radius 1 is 1.31 bits per heavy atom. The Balaban J connectivity index is 0.00000144. The molecular weight excluding hydrogens is 247 g/mol. The maximum Gasteiger partial charge on any atom is 1.00 e. The van der Waals surface area contributed by atoms with Crippen LogP contribution in [0.2, 0.25) is 0 Å². The largest absolute Gasteiger partial charge is 1.00 e. The molecule has 1 rings (SSSR count). The molecule has 13 heavy (non-hydrogen) atoms. The minimum atomic E-state index is 0. The molecule has 0 saturated carbocycles. The van der Waals surface area contributed by atoms with Crippen molar-refractivity contribution in [1.29, 1.82) is 0 Å². The van der Waals surface area contributed by atoms with Crippen LogP contribution in [0.5, 0.6) is 0 Å². The molecule has 1 aromatic rings. The fourth-order valence-corrected chi connectivity index (χ4v) is 1.25. The summed E-state index contributed by atoms with van der Waals surface area (Å²) in [6.07, 6.45) is 0. The first-order chi connectivity index (χ1) is 5.47. The number of hydrogen-bond acceptors (Lipinski definition) is 0. The van der Waals surface area contributed by atoms with E-state index >= 15 is 0 Å². The van der Waals surface area contributed by atoms with Crippen LogP contribution in [0.1, 0.15) is 11.1 Å². The summed E-state index contributed by atoms with van der Waals surface area (Å²) in [5.74, 6) is 0. The topological polar surface area (TPSA) is 0 Å². The van der Waals surface area contributed by atoms with Gasteiger partial charge in [0.25, 0.3) is 0 Å². The van der Waals surface area contributed by atoms with Gasteiger partial charge in [-0.3, -0.25) is 0 Å². The van der Waals surface area contributed by atoms with Crippen LogP contribution >= 0.6 is 0 Å². The van der Waals surface area contributed by atoms with Crippen molar-refractivity contribution in [2.45, 2.75) is 13.5 Å². The molecule has 1 nitrogen and oxygen atoms in total. The van der Waals surface area contributed by atoms with Crippen LogP contribution in [0, 0.1) is 13.0 Å². The third-order valence-corrected chi connectivity index (χ3v) is 1.66. The third-order valence-electron chi connectivity index (χ3n) is 1.66. The van der Waals surface area contributed by atoms with Crippen LogP contribution < -0.4 is 0 Å². The Bertz CT molecular complexity index is 263. The van der Waals surface area contributed by atoms with E-state index in [-0.39, 0.29) is 19.5 Å². The molecule has 1 aromatic carbocycles. The number of quaternary nitrogens is 1. The van der Waals surface area contributed by atoms with Gasteiger partial charge >= 0.3 is 19.5 Å². The summed E-state index contributed by atoms with van der Waals surface area (Å²) in [4.78, 5) is 0. The van der Waals surface area contributed by atoms with Crippen molar-refractivity contribution < 1.29 is 24.0 Å². The second kappa shape index (κ2) is 4.88. The third kappa shape index (κ3) is 5.18. The van der Waals surface area contributed by atoms with E-state index in [1.807, 2.05) is 6.07 Å². The van der Waals surface area contributed by atoms with Gasteiger partial charge in [-0.25, -0.2) is 0 Å². The molecule has 0 aliphatic rings. The number of benzene rings is 1. The minimum Gasteiger partial charge on any atom is -0.329 e. The van der Waals surface area contributed by atoms with E-state index in [0.717, 1.165) is 11.0 Å². The van der Waals surface area contributed by atoms with Gasteiger partial charge in [0, 0.05) is 0 Å². The molecule has 0 fully saturated rings.